The number of nitrogens with zero attached hydrogens (tertiary/aromatic N) is 1. The van der Waals surface area contributed by atoms with Crippen LogP contribution in [0.4, 0.5) is 0 Å². The Morgan fingerprint density at radius 3 is 2.88 bits per heavy atom. The van der Waals surface area contributed by atoms with Gasteiger partial charge in [0.25, 0.3) is 0 Å². The summed E-state index contributed by atoms with van der Waals surface area (Å²) in [7, 11) is 0. The van der Waals surface area contributed by atoms with Crippen LogP contribution in [0.2, 0.25) is 0 Å². The Labute approximate surface area is 102 Å². The number of ether oxygens (including phenoxy) is 1. The van der Waals surface area contributed by atoms with Crippen molar-refractivity contribution in [2.75, 3.05) is 26.2 Å². The van der Waals surface area contributed by atoms with Gasteiger partial charge in [0.15, 0.2) is 0 Å². The van der Waals surface area contributed by atoms with E-state index in [2.05, 4.69) is 10.2 Å². The van der Waals surface area contributed by atoms with Crippen LogP contribution >= 0.6 is 0 Å². The molecule has 1 aliphatic rings. The molecule has 1 unspecified atom stereocenters. The first-order valence-corrected chi connectivity index (χ1v) is 6.36. The third kappa shape index (κ3) is 4.34. The molecule has 0 bridgehead atoms. The molecule has 0 saturated carbocycles. The van der Waals surface area contributed by atoms with Crippen molar-refractivity contribution in [3.05, 3.63) is 0 Å². The molecule has 1 N–H and O–H groups in total. The second kappa shape index (κ2) is 7.27. The van der Waals surface area contributed by atoms with Gasteiger partial charge >= 0.3 is 5.97 Å². The zero-order chi connectivity index (χ0) is 12.7. The molecule has 0 spiro atoms. The van der Waals surface area contributed by atoms with Crippen LogP contribution in [0.1, 0.15) is 33.1 Å². The van der Waals surface area contributed by atoms with Crippen molar-refractivity contribution in [1.82, 2.24) is 10.2 Å². The van der Waals surface area contributed by atoms with Gasteiger partial charge < -0.3 is 10.1 Å². The highest BCUT2D eigenvalue weighted by Crippen LogP contribution is 2.11. The van der Waals surface area contributed by atoms with E-state index in [0.717, 1.165) is 19.4 Å². The van der Waals surface area contributed by atoms with E-state index in [1.165, 1.54) is 0 Å². The van der Waals surface area contributed by atoms with Crippen molar-refractivity contribution < 1.29 is 14.3 Å². The monoisotopic (exact) mass is 242 g/mol. The van der Waals surface area contributed by atoms with Gasteiger partial charge in [-0.2, -0.15) is 0 Å². The van der Waals surface area contributed by atoms with Gasteiger partial charge in [-0.05, 0) is 13.3 Å². The number of hydrogen-bond donors (Lipinski definition) is 1. The van der Waals surface area contributed by atoms with Gasteiger partial charge in [-0.25, -0.2) is 0 Å². The summed E-state index contributed by atoms with van der Waals surface area (Å²) in [5, 5.41) is 2.81. The number of amides is 1. The van der Waals surface area contributed by atoms with Gasteiger partial charge in [0.05, 0.1) is 6.61 Å². The minimum atomic E-state index is -0.201. The lowest BCUT2D eigenvalue weighted by Gasteiger charge is -2.27. The fourth-order valence-corrected chi connectivity index (χ4v) is 2.06. The van der Waals surface area contributed by atoms with E-state index < -0.39 is 0 Å². The van der Waals surface area contributed by atoms with Gasteiger partial charge in [-0.15, -0.1) is 0 Å². The van der Waals surface area contributed by atoms with E-state index in [4.69, 9.17) is 4.74 Å². The van der Waals surface area contributed by atoms with Crippen molar-refractivity contribution in [2.45, 2.75) is 39.2 Å². The van der Waals surface area contributed by atoms with Crippen LogP contribution in [-0.2, 0) is 14.3 Å². The first-order valence-electron chi connectivity index (χ1n) is 6.36. The molecule has 1 fully saturated rings. The van der Waals surface area contributed by atoms with Crippen LogP contribution in [0.15, 0.2) is 0 Å². The molecule has 1 amide bonds. The van der Waals surface area contributed by atoms with Crippen molar-refractivity contribution in [3.63, 3.8) is 0 Å². The molecule has 17 heavy (non-hydrogen) atoms. The summed E-state index contributed by atoms with van der Waals surface area (Å²) in [6, 6.07) is -0.201. The molecule has 0 aromatic heterocycles. The molecule has 0 aromatic carbocycles. The second-order valence-corrected chi connectivity index (χ2v) is 4.19. The highest BCUT2D eigenvalue weighted by atomic mass is 16.5. The highest BCUT2D eigenvalue weighted by molar-refractivity contribution is 5.77. The molecular weight excluding hydrogens is 220 g/mol. The van der Waals surface area contributed by atoms with E-state index in [-0.39, 0.29) is 17.9 Å². The first kappa shape index (κ1) is 14.0. The largest absolute Gasteiger partial charge is 0.465 e. The third-order valence-electron chi connectivity index (χ3n) is 2.91. The summed E-state index contributed by atoms with van der Waals surface area (Å²) in [6.07, 6.45) is 2.17. The third-order valence-corrected chi connectivity index (χ3v) is 2.91. The lowest BCUT2D eigenvalue weighted by atomic mass is 10.1. The zero-order valence-corrected chi connectivity index (χ0v) is 10.7. The van der Waals surface area contributed by atoms with Gasteiger partial charge in [-0.1, -0.05) is 13.3 Å². The first-order chi connectivity index (χ1) is 8.19. The topological polar surface area (TPSA) is 58.6 Å². The van der Waals surface area contributed by atoms with Crippen molar-refractivity contribution in [2.24, 2.45) is 0 Å². The average molecular weight is 242 g/mol. The van der Waals surface area contributed by atoms with Gasteiger partial charge in [-0.3, -0.25) is 14.5 Å². The normalized spacial score (nSPS) is 19.3. The summed E-state index contributed by atoms with van der Waals surface area (Å²) in [4.78, 5) is 25.2. The number of rotatable bonds is 5. The van der Waals surface area contributed by atoms with Gasteiger partial charge in [0, 0.05) is 26.1 Å². The predicted octanol–water partition coefficient (Wildman–Crippen LogP) is 0.540. The molecule has 98 valence electrons. The Morgan fingerprint density at radius 1 is 1.47 bits per heavy atom. The molecule has 0 aromatic rings. The van der Waals surface area contributed by atoms with Gasteiger partial charge in [0.2, 0.25) is 5.91 Å². The fourth-order valence-electron chi connectivity index (χ4n) is 2.06. The molecule has 0 aliphatic carbocycles. The van der Waals surface area contributed by atoms with Crippen LogP contribution < -0.4 is 5.32 Å². The molecule has 0 radical (unpaired) electrons. The van der Waals surface area contributed by atoms with Crippen LogP contribution in [0.25, 0.3) is 0 Å². The maximum Gasteiger partial charge on any atom is 0.323 e. The van der Waals surface area contributed by atoms with Crippen LogP contribution in [0, 0.1) is 0 Å². The fraction of sp³-hybridized carbons (Fsp3) is 0.833. The molecular formula is C12H22N2O3. The van der Waals surface area contributed by atoms with E-state index in [9.17, 15) is 9.59 Å². The van der Waals surface area contributed by atoms with Gasteiger partial charge in [0.1, 0.15) is 6.04 Å². The summed E-state index contributed by atoms with van der Waals surface area (Å²) in [5.41, 5.74) is 0. The maximum absolute atomic E-state index is 11.9. The standard InChI is InChI=1S/C12H22N2O3/c1-3-5-10(12(16)17-4-2)14-8-6-11(15)13-7-9-14/h10H,3-9H2,1-2H3,(H,13,15). The number of esters is 1. The number of carbonyl (C=O) groups excluding carboxylic acids is 2. The highest BCUT2D eigenvalue weighted by Gasteiger charge is 2.27. The molecule has 1 rings (SSSR count). The lowest BCUT2D eigenvalue weighted by Crippen LogP contribution is -2.43. The summed E-state index contributed by atoms with van der Waals surface area (Å²) in [5.74, 6) is -0.102. The average Bonchev–Trinajstić information content (AvgIpc) is 2.51. The summed E-state index contributed by atoms with van der Waals surface area (Å²) in [6.45, 7) is 6.23. The smallest absolute Gasteiger partial charge is 0.323 e. The lowest BCUT2D eigenvalue weighted by molar-refractivity contribution is -0.150. The molecule has 5 nitrogen and oxygen atoms in total. The van der Waals surface area contributed by atoms with E-state index in [1.807, 2.05) is 13.8 Å². The Kier molecular flexibility index (Phi) is 5.97. The number of nitrogens with one attached hydrogen (secondary N) is 1. The summed E-state index contributed by atoms with van der Waals surface area (Å²) < 4.78 is 5.09. The Bertz CT molecular complexity index is 268. The minimum absolute atomic E-state index is 0.0617. The molecule has 1 atom stereocenters. The van der Waals surface area contributed by atoms with E-state index >= 15 is 0 Å². The van der Waals surface area contributed by atoms with E-state index in [1.54, 1.807) is 0 Å². The Hall–Kier alpha value is -1.10. The zero-order valence-electron chi connectivity index (χ0n) is 10.7. The SMILES string of the molecule is CCCC(C(=O)OCC)N1CCNC(=O)CC1. The molecule has 5 heteroatoms. The molecule has 1 aliphatic heterocycles. The Morgan fingerprint density at radius 2 is 2.24 bits per heavy atom. The maximum atomic E-state index is 11.9. The molecule has 1 saturated heterocycles. The number of carbonyl (C=O) groups is 2. The van der Waals surface area contributed by atoms with Crippen molar-refractivity contribution >= 4 is 11.9 Å². The van der Waals surface area contributed by atoms with Crippen molar-refractivity contribution in [3.8, 4) is 0 Å². The number of hydrogen-bond acceptors (Lipinski definition) is 4. The predicted molar refractivity (Wildman–Crippen MR) is 64.5 cm³/mol. The minimum Gasteiger partial charge on any atom is -0.465 e. The molecule has 1 heterocycles. The van der Waals surface area contributed by atoms with Crippen LogP contribution in [0.3, 0.4) is 0 Å². The Balaban J connectivity index is 2.61. The quantitative estimate of drug-likeness (QED) is 0.715. The second-order valence-electron chi connectivity index (χ2n) is 4.19. The van der Waals surface area contributed by atoms with Crippen LogP contribution in [0.5, 0.6) is 0 Å². The van der Waals surface area contributed by atoms with Crippen LogP contribution in [-0.4, -0.2) is 49.1 Å². The van der Waals surface area contributed by atoms with Crippen molar-refractivity contribution in [1.29, 1.82) is 0 Å². The summed E-state index contributed by atoms with van der Waals surface area (Å²) >= 11 is 0. The van der Waals surface area contributed by atoms with E-state index in [0.29, 0.717) is 26.1 Å².